The van der Waals surface area contributed by atoms with Gasteiger partial charge < -0.3 is 0 Å². The second-order valence-corrected chi connectivity index (χ2v) is 1.60. The van der Waals surface area contributed by atoms with Gasteiger partial charge in [0.05, 0.1) is 0 Å². The molecule has 0 unspecified atom stereocenters. The van der Waals surface area contributed by atoms with Crippen molar-refractivity contribution in [2.24, 2.45) is 0 Å². The van der Waals surface area contributed by atoms with Gasteiger partial charge in [0.15, 0.2) is 0 Å². The molecule has 17 heavy (non-hydrogen) atoms. The second-order valence-electron chi connectivity index (χ2n) is 1.60. The minimum absolute atomic E-state index is 0. The summed E-state index contributed by atoms with van der Waals surface area (Å²) in [6.45, 7) is 0. The second kappa shape index (κ2) is 20.2. The zero-order chi connectivity index (χ0) is 11.0. The summed E-state index contributed by atoms with van der Waals surface area (Å²) >= 11 is 0. The predicted molar refractivity (Wildman–Crippen MR) is 34.5 cm³/mol. The van der Waals surface area contributed by atoms with E-state index in [4.69, 9.17) is 0 Å². The van der Waals surface area contributed by atoms with E-state index >= 15 is 0 Å². The van der Waals surface area contributed by atoms with Gasteiger partial charge in [0, 0.05) is 0 Å². The smallest absolute Gasteiger partial charge is 1.00 e. The van der Waals surface area contributed by atoms with Gasteiger partial charge in [-0.05, 0) is 0 Å². The molecular formula is B5K3O9. The standard InChI is InChI=1S/B5O9.3K/c6-1-11-3(8)13-5(10)14-4(9)12-2-7;;;/q-3;3*+1. The van der Waals surface area contributed by atoms with Crippen LogP contribution in [-0.4, -0.2) is 36.7 Å². The molecule has 0 atom stereocenters. The first-order valence-electron chi connectivity index (χ1n) is 3.06. The van der Waals surface area contributed by atoms with Crippen LogP contribution in [0.2, 0.25) is 0 Å². The molecule has 0 bridgehead atoms. The van der Waals surface area contributed by atoms with Crippen LogP contribution in [-0.2, 0) is 27.7 Å². The third-order valence-corrected chi connectivity index (χ3v) is 0.778. The van der Waals surface area contributed by atoms with Gasteiger partial charge in [-0.25, -0.2) is 0 Å². The van der Waals surface area contributed by atoms with Gasteiger partial charge >= 0.3 is 234 Å². The zero-order valence-electron chi connectivity index (χ0n) is 9.56. The molecule has 0 spiro atoms. The Hall–Kier alpha value is 4.23. The average molecular weight is 315 g/mol. The summed E-state index contributed by atoms with van der Waals surface area (Å²) in [5.74, 6) is 0. The van der Waals surface area contributed by atoms with E-state index in [1.807, 2.05) is 0 Å². The Kier molecular flexibility index (Phi) is 34.8. The summed E-state index contributed by atoms with van der Waals surface area (Å²) in [5, 5.41) is 31.1. The fourth-order valence-electron chi connectivity index (χ4n) is 0.368. The topological polar surface area (TPSA) is 140 Å². The Bertz CT molecular complexity index is 164. The fourth-order valence-corrected chi connectivity index (χ4v) is 0.368. The van der Waals surface area contributed by atoms with Crippen molar-refractivity contribution in [3.8, 4) is 0 Å². The molecular weight excluding hydrogens is 315 g/mol. The molecule has 0 saturated carbocycles. The summed E-state index contributed by atoms with van der Waals surface area (Å²) in [5.41, 5.74) is 0. The van der Waals surface area contributed by atoms with Crippen LogP contribution in [0.4, 0.5) is 0 Å². The Morgan fingerprint density at radius 1 is 0.706 bits per heavy atom. The van der Waals surface area contributed by atoms with Crippen LogP contribution >= 0.6 is 0 Å². The minimum Gasteiger partial charge on any atom is 1.00 e. The van der Waals surface area contributed by atoms with Crippen molar-refractivity contribution >= 4 is 36.7 Å². The largest absolute Gasteiger partial charge is 1.00 e. The van der Waals surface area contributed by atoms with Gasteiger partial charge in [0.25, 0.3) is 0 Å². The molecule has 72 valence electrons. The third-order valence-electron chi connectivity index (χ3n) is 0.778. The Labute approximate surface area is 227 Å². The molecule has 0 rings (SSSR count). The normalized spacial score (nSPS) is 6.76. The molecule has 0 aromatic rings. The van der Waals surface area contributed by atoms with Crippen LogP contribution in [0.25, 0.3) is 0 Å². The van der Waals surface area contributed by atoms with Crippen LogP contribution in [0.3, 0.4) is 0 Å². The van der Waals surface area contributed by atoms with Crippen molar-refractivity contribution in [2.45, 2.75) is 0 Å². The van der Waals surface area contributed by atoms with Gasteiger partial charge in [-0.1, -0.05) is 0 Å². The van der Waals surface area contributed by atoms with Gasteiger partial charge in [0.1, 0.15) is 0 Å². The molecule has 0 aliphatic carbocycles. The van der Waals surface area contributed by atoms with Crippen molar-refractivity contribution in [1.82, 2.24) is 0 Å². The molecule has 0 aromatic heterocycles. The van der Waals surface area contributed by atoms with E-state index in [2.05, 4.69) is 18.3 Å². The van der Waals surface area contributed by atoms with Crippen molar-refractivity contribution in [3.63, 3.8) is 0 Å². The van der Waals surface area contributed by atoms with Gasteiger partial charge in [-0.3, -0.25) is 0 Å². The van der Waals surface area contributed by atoms with Gasteiger partial charge in [0.2, 0.25) is 0 Å². The first-order valence-corrected chi connectivity index (χ1v) is 3.06. The number of hydrogen-bond acceptors (Lipinski definition) is 9. The van der Waals surface area contributed by atoms with E-state index < -0.39 is 22.0 Å². The van der Waals surface area contributed by atoms with Crippen molar-refractivity contribution in [1.29, 1.82) is 0 Å². The van der Waals surface area contributed by atoms with Gasteiger partial charge in [-0.2, -0.15) is 0 Å². The number of hydrogen-bond donors (Lipinski definition) is 0. The quantitative estimate of drug-likeness (QED) is 0.399. The summed E-state index contributed by atoms with van der Waals surface area (Å²) in [4.78, 5) is 0. The SMILES string of the molecule is O=BOB([O-])OB([O-])OB([O-])OB=O.[K+].[K+].[K+]. The summed E-state index contributed by atoms with van der Waals surface area (Å²) in [7, 11) is -7.82. The molecule has 17 heteroatoms. The Morgan fingerprint density at radius 3 is 1.24 bits per heavy atom. The van der Waals surface area contributed by atoms with E-state index in [9.17, 15) is 24.5 Å². The van der Waals surface area contributed by atoms with Gasteiger partial charge in [-0.15, -0.1) is 0 Å². The van der Waals surface area contributed by atoms with Crippen molar-refractivity contribution in [2.75, 3.05) is 0 Å². The molecule has 0 amide bonds. The van der Waals surface area contributed by atoms with Crippen LogP contribution in [0.1, 0.15) is 0 Å². The molecule has 9 nitrogen and oxygen atoms in total. The molecule has 0 aliphatic rings. The first-order chi connectivity index (χ1) is 6.60. The molecule has 0 aliphatic heterocycles. The molecule has 0 saturated heterocycles. The predicted octanol–water partition coefficient (Wildman–Crippen LogP) is -15.0. The summed E-state index contributed by atoms with van der Waals surface area (Å²) < 4.78 is 33.7. The summed E-state index contributed by atoms with van der Waals surface area (Å²) in [6, 6.07) is 0. The van der Waals surface area contributed by atoms with E-state index in [0.717, 1.165) is 0 Å². The fraction of sp³-hybridized carbons (Fsp3) is 0. The number of rotatable bonds is 8. The van der Waals surface area contributed by atoms with Crippen LogP contribution in [0, 0.1) is 0 Å². The third kappa shape index (κ3) is 20.2. The molecule has 0 fully saturated rings. The molecule has 0 radical (unpaired) electrons. The van der Waals surface area contributed by atoms with Crippen LogP contribution < -0.4 is 169 Å². The van der Waals surface area contributed by atoms with E-state index in [-0.39, 0.29) is 169 Å². The van der Waals surface area contributed by atoms with Crippen LogP contribution in [0.5, 0.6) is 0 Å². The average Bonchev–Trinajstić information content (AvgIpc) is 2.03. The maximum atomic E-state index is 10.5. The zero-order valence-corrected chi connectivity index (χ0v) is 18.9. The monoisotopic (exact) mass is 316 g/mol. The molecule has 0 heterocycles. The summed E-state index contributed by atoms with van der Waals surface area (Å²) in [6.07, 6.45) is 0. The Morgan fingerprint density at radius 2 is 1.00 bits per heavy atom. The van der Waals surface area contributed by atoms with Crippen LogP contribution in [0.15, 0.2) is 0 Å². The first kappa shape index (κ1) is 29.3. The Balaban J connectivity index is -0.000000282. The van der Waals surface area contributed by atoms with Crippen molar-refractivity contribution < 1.29 is 197 Å². The molecule has 0 N–H and O–H groups in total. The molecule has 0 aromatic carbocycles. The van der Waals surface area contributed by atoms with Crippen molar-refractivity contribution in [3.05, 3.63) is 0 Å². The van der Waals surface area contributed by atoms with E-state index in [0.29, 0.717) is 0 Å². The van der Waals surface area contributed by atoms with E-state index in [1.54, 1.807) is 0 Å². The van der Waals surface area contributed by atoms with E-state index in [1.165, 1.54) is 0 Å². The minimum atomic E-state index is -2.51. The maximum absolute atomic E-state index is 10.5. The maximum Gasteiger partial charge on any atom is 1.00 e.